The fourth-order valence-corrected chi connectivity index (χ4v) is 6.08. The van der Waals surface area contributed by atoms with Crippen molar-refractivity contribution in [2.75, 3.05) is 0 Å². The number of phenolic OH excluding ortho intramolecular Hbond substituents is 4. The largest absolute Gasteiger partial charge is 0.507 e. The van der Waals surface area contributed by atoms with Gasteiger partial charge in [-0.2, -0.15) is 0 Å². The van der Waals surface area contributed by atoms with Crippen LogP contribution in [-0.2, 0) is 5.41 Å². The van der Waals surface area contributed by atoms with Crippen LogP contribution >= 0.6 is 63.7 Å². The molecule has 1 atom stereocenters. The lowest BCUT2D eigenvalue weighted by atomic mass is 9.60. The van der Waals surface area contributed by atoms with Crippen molar-refractivity contribution in [3.63, 3.8) is 0 Å². The Labute approximate surface area is 236 Å². The molecule has 0 saturated heterocycles. The second-order valence-electron chi connectivity index (χ2n) is 8.24. The summed E-state index contributed by atoms with van der Waals surface area (Å²) in [5, 5.41) is 40.9. The monoisotopic (exact) mass is 724 g/mol. The molecular weight excluding hydrogens is 708 g/mol. The molecule has 4 N–H and O–H groups in total. The lowest BCUT2D eigenvalue weighted by molar-refractivity contribution is 0.461. The van der Waals surface area contributed by atoms with Gasteiger partial charge >= 0.3 is 0 Å². The van der Waals surface area contributed by atoms with Crippen LogP contribution < -0.4 is 0 Å². The highest BCUT2D eigenvalue weighted by molar-refractivity contribution is 9.11. The van der Waals surface area contributed by atoms with Crippen molar-refractivity contribution >= 4 is 63.7 Å². The Morgan fingerprint density at radius 2 is 0.829 bits per heavy atom. The van der Waals surface area contributed by atoms with E-state index >= 15 is 0 Å². The van der Waals surface area contributed by atoms with Gasteiger partial charge in [-0.1, -0.05) is 31.2 Å². The minimum atomic E-state index is -0.848. The van der Waals surface area contributed by atoms with Gasteiger partial charge in [0, 0.05) is 0 Å². The SMILES string of the molecule is CC(c1ccc(O)c(Br)c1)C(c1ccc(O)c(Br)c1)(c1ccc(O)c(Br)c1)c1ccc(O)c(Br)c1. The first-order valence-corrected chi connectivity index (χ1v) is 13.7. The smallest absolute Gasteiger partial charge is 0.129 e. The number of rotatable bonds is 5. The van der Waals surface area contributed by atoms with Gasteiger partial charge in [0.2, 0.25) is 0 Å². The molecule has 0 spiro atoms. The van der Waals surface area contributed by atoms with E-state index in [-0.39, 0.29) is 28.9 Å². The molecule has 4 rings (SSSR count). The van der Waals surface area contributed by atoms with Crippen molar-refractivity contribution in [1.29, 1.82) is 0 Å². The molecule has 0 aromatic heterocycles. The molecule has 1 unspecified atom stereocenters. The van der Waals surface area contributed by atoms with Crippen LogP contribution in [0.5, 0.6) is 23.0 Å². The molecule has 8 heteroatoms. The van der Waals surface area contributed by atoms with Crippen LogP contribution in [0.2, 0.25) is 0 Å². The second kappa shape index (κ2) is 10.2. The molecule has 0 amide bonds. The number of hydrogen-bond donors (Lipinski definition) is 4. The Bertz CT molecular complexity index is 1300. The first-order valence-electron chi connectivity index (χ1n) is 10.5. The van der Waals surface area contributed by atoms with Gasteiger partial charge in [0.25, 0.3) is 0 Å². The normalized spacial score (nSPS) is 12.5. The van der Waals surface area contributed by atoms with E-state index in [1.54, 1.807) is 24.3 Å². The van der Waals surface area contributed by atoms with Crippen molar-refractivity contribution in [2.45, 2.75) is 18.3 Å². The maximum atomic E-state index is 10.3. The minimum Gasteiger partial charge on any atom is -0.507 e. The minimum absolute atomic E-state index is 0.112. The summed E-state index contributed by atoms with van der Waals surface area (Å²) in [4.78, 5) is 0. The van der Waals surface area contributed by atoms with E-state index in [0.717, 1.165) is 22.3 Å². The molecule has 0 aliphatic heterocycles. The van der Waals surface area contributed by atoms with Crippen molar-refractivity contribution < 1.29 is 20.4 Å². The Morgan fingerprint density at radius 1 is 0.514 bits per heavy atom. The molecule has 180 valence electrons. The zero-order valence-electron chi connectivity index (χ0n) is 18.3. The molecule has 4 aromatic carbocycles. The predicted octanol–water partition coefficient (Wildman–Crippen LogP) is 8.70. The highest BCUT2D eigenvalue weighted by atomic mass is 79.9. The molecule has 0 aliphatic rings. The molecule has 0 saturated carbocycles. The van der Waals surface area contributed by atoms with Crippen LogP contribution in [0.3, 0.4) is 0 Å². The molecule has 0 bridgehead atoms. The second-order valence-corrected chi connectivity index (χ2v) is 11.7. The van der Waals surface area contributed by atoms with Crippen LogP contribution in [-0.4, -0.2) is 20.4 Å². The van der Waals surface area contributed by atoms with Crippen molar-refractivity contribution in [2.24, 2.45) is 0 Å². The predicted molar refractivity (Wildman–Crippen MR) is 152 cm³/mol. The van der Waals surface area contributed by atoms with Crippen molar-refractivity contribution in [3.05, 3.63) is 113 Å². The van der Waals surface area contributed by atoms with Crippen LogP contribution in [0.1, 0.15) is 35.1 Å². The van der Waals surface area contributed by atoms with E-state index in [2.05, 4.69) is 70.6 Å². The van der Waals surface area contributed by atoms with Gasteiger partial charge in [-0.15, -0.1) is 0 Å². The van der Waals surface area contributed by atoms with E-state index < -0.39 is 5.41 Å². The zero-order valence-corrected chi connectivity index (χ0v) is 24.7. The number of benzene rings is 4. The van der Waals surface area contributed by atoms with E-state index in [1.165, 1.54) is 0 Å². The van der Waals surface area contributed by atoms with Gasteiger partial charge in [0.05, 0.1) is 23.3 Å². The van der Waals surface area contributed by atoms with Gasteiger partial charge in [0.15, 0.2) is 0 Å². The summed E-state index contributed by atoms with van der Waals surface area (Å²) < 4.78 is 2.18. The average Bonchev–Trinajstić information content (AvgIpc) is 2.82. The van der Waals surface area contributed by atoms with E-state index in [9.17, 15) is 20.4 Å². The van der Waals surface area contributed by atoms with Crippen molar-refractivity contribution in [3.8, 4) is 23.0 Å². The van der Waals surface area contributed by atoms with E-state index in [1.807, 2.05) is 48.5 Å². The fraction of sp³-hybridized carbons (Fsp3) is 0.111. The van der Waals surface area contributed by atoms with Crippen LogP contribution in [0, 0.1) is 0 Å². The van der Waals surface area contributed by atoms with E-state index in [0.29, 0.717) is 17.9 Å². The third kappa shape index (κ3) is 4.73. The highest BCUT2D eigenvalue weighted by Crippen LogP contribution is 2.53. The van der Waals surface area contributed by atoms with E-state index in [4.69, 9.17) is 0 Å². The summed E-state index contributed by atoms with van der Waals surface area (Å²) in [5.74, 6) is 0.256. The quantitative estimate of drug-likeness (QED) is 0.155. The zero-order chi connectivity index (χ0) is 25.5. The first kappa shape index (κ1) is 26.1. The lowest BCUT2D eigenvalue weighted by Gasteiger charge is -2.42. The summed E-state index contributed by atoms with van der Waals surface area (Å²) in [5.41, 5.74) is 2.70. The molecule has 4 nitrogen and oxygen atoms in total. The molecule has 0 radical (unpaired) electrons. The molecule has 0 heterocycles. The van der Waals surface area contributed by atoms with Crippen molar-refractivity contribution in [1.82, 2.24) is 0 Å². The molecule has 0 fully saturated rings. The van der Waals surface area contributed by atoms with Crippen LogP contribution in [0.4, 0.5) is 0 Å². The van der Waals surface area contributed by atoms with Gasteiger partial charge in [-0.3, -0.25) is 0 Å². The maximum absolute atomic E-state index is 10.3. The van der Waals surface area contributed by atoms with Gasteiger partial charge in [-0.05, 0) is 140 Å². The summed E-state index contributed by atoms with van der Waals surface area (Å²) >= 11 is 13.9. The average molecular weight is 728 g/mol. The molecule has 0 aliphatic carbocycles. The summed E-state index contributed by atoms with van der Waals surface area (Å²) in [6.45, 7) is 2.08. The first-order chi connectivity index (χ1) is 16.5. The molecular formula is C27H20Br4O4. The number of phenols is 4. The number of hydrogen-bond acceptors (Lipinski definition) is 4. The molecule has 4 aromatic rings. The third-order valence-corrected chi connectivity index (χ3v) is 8.87. The topological polar surface area (TPSA) is 80.9 Å². The highest BCUT2D eigenvalue weighted by Gasteiger charge is 2.43. The van der Waals surface area contributed by atoms with Gasteiger partial charge < -0.3 is 20.4 Å². The van der Waals surface area contributed by atoms with Crippen LogP contribution in [0.25, 0.3) is 0 Å². The maximum Gasteiger partial charge on any atom is 0.129 e. The summed E-state index contributed by atoms with van der Waals surface area (Å²) in [6, 6.07) is 21.6. The Morgan fingerprint density at radius 3 is 1.14 bits per heavy atom. The Kier molecular flexibility index (Phi) is 7.57. The fourth-order valence-electron chi connectivity index (χ4n) is 4.55. The Balaban J connectivity index is 2.16. The molecule has 35 heavy (non-hydrogen) atoms. The van der Waals surface area contributed by atoms with Crippen LogP contribution in [0.15, 0.2) is 90.7 Å². The number of halogens is 4. The third-order valence-electron chi connectivity index (χ3n) is 6.33. The lowest BCUT2D eigenvalue weighted by Crippen LogP contribution is -2.35. The summed E-state index contributed by atoms with van der Waals surface area (Å²) in [7, 11) is 0. The number of aromatic hydroxyl groups is 4. The van der Waals surface area contributed by atoms with Gasteiger partial charge in [-0.25, -0.2) is 0 Å². The summed E-state index contributed by atoms with van der Waals surface area (Å²) in [6.07, 6.45) is 0. The standard InChI is InChI=1S/C27H20Br4O4/c1-14(15-2-6-23(32)19(28)10-15)27(16-3-7-24(33)20(29)11-16,17-4-8-25(34)21(30)12-17)18-5-9-26(35)22(31)13-18/h2-14,32-35H,1H3. The Hall–Kier alpha value is -2.00. The van der Waals surface area contributed by atoms with Gasteiger partial charge in [0.1, 0.15) is 23.0 Å².